The van der Waals surface area contributed by atoms with Crippen molar-refractivity contribution in [2.45, 2.75) is 39.2 Å². The van der Waals surface area contributed by atoms with E-state index in [2.05, 4.69) is 6.92 Å². The summed E-state index contributed by atoms with van der Waals surface area (Å²) in [4.78, 5) is 14.1. The molecule has 0 aromatic heterocycles. The zero-order valence-electron chi connectivity index (χ0n) is 13.6. The number of hydrogen-bond acceptors (Lipinski definition) is 3. The SMILES string of the molecule is COc1ccccc1C(C)N(C)C(=O)CCC(C)CCN. The molecule has 0 saturated heterocycles. The first-order chi connectivity index (χ1) is 10.0. The van der Waals surface area contributed by atoms with Gasteiger partial charge in [-0.3, -0.25) is 4.79 Å². The van der Waals surface area contributed by atoms with Crippen LogP contribution in [-0.4, -0.2) is 31.5 Å². The number of carbonyl (C=O) groups is 1. The minimum atomic E-state index is -0.00142. The average molecular weight is 292 g/mol. The molecule has 1 rings (SSSR count). The first-order valence-corrected chi connectivity index (χ1v) is 7.59. The second kappa shape index (κ2) is 8.67. The summed E-state index contributed by atoms with van der Waals surface area (Å²) in [5.74, 6) is 1.48. The summed E-state index contributed by atoms with van der Waals surface area (Å²) in [5, 5.41) is 0. The molecule has 4 nitrogen and oxygen atoms in total. The van der Waals surface area contributed by atoms with Crippen molar-refractivity contribution in [2.75, 3.05) is 20.7 Å². The molecule has 0 aliphatic rings. The number of hydrogen-bond donors (Lipinski definition) is 1. The van der Waals surface area contributed by atoms with E-state index in [9.17, 15) is 4.79 Å². The van der Waals surface area contributed by atoms with Gasteiger partial charge in [-0.05, 0) is 38.3 Å². The number of carbonyl (C=O) groups excluding carboxylic acids is 1. The number of para-hydroxylation sites is 1. The van der Waals surface area contributed by atoms with Gasteiger partial charge in [0.25, 0.3) is 0 Å². The van der Waals surface area contributed by atoms with Crippen molar-refractivity contribution in [3.8, 4) is 5.75 Å². The molecule has 2 unspecified atom stereocenters. The number of benzene rings is 1. The number of methoxy groups -OCH3 is 1. The van der Waals surface area contributed by atoms with Crippen LogP contribution in [0, 0.1) is 5.92 Å². The maximum atomic E-state index is 12.3. The lowest BCUT2D eigenvalue weighted by Gasteiger charge is -2.27. The number of ether oxygens (including phenoxy) is 1. The van der Waals surface area contributed by atoms with Gasteiger partial charge in [-0.25, -0.2) is 0 Å². The molecule has 4 heteroatoms. The van der Waals surface area contributed by atoms with Gasteiger partial charge in [0, 0.05) is 19.0 Å². The van der Waals surface area contributed by atoms with Gasteiger partial charge in [0.1, 0.15) is 5.75 Å². The summed E-state index contributed by atoms with van der Waals surface area (Å²) in [6.07, 6.45) is 2.43. The van der Waals surface area contributed by atoms with Crippen LogP contribution in [0.15, 0.2) is 24.3 Å². The van der Waals surface area contributed by atoms with E-state index in [1.165, 1.54) is 0 Å². The van der Waals surface area contributed by atoms with Crippen molar-refractivity contribution in [3.63, 3.8) is 0 Å². The zero-order valence-corrected chi connectivity index (χ0v) is 13.6. The quantitative estimate of drug-likeness (QED) is 0.801. The molecule has 0 saturated carbocycles. The van der Waals surface area contributed by atoms with Gasteiger partial charge in [-0.2, -0.15) is 0 Å². The van der Waals surface area contributed by atoms with E-state index in [1.807, 2.05) is 38.2 Å². The Morgan fingerprint density at radius 2 is 1.95 bits per heavy atom. The van der Waals surface area contributed by atoms with E-state index < -0.39 is 0 Å². The fourth-order valence-corrected chi connectivity index (χ4v) is 2.41. The smallest absolute Gasteiger partial charge is 0.222 e. The lowest BCUT2D eigenvalue weighted by Crippen LogP contribution is -2.30. The van der Waals surface area contributed by atoms with E-state index in [4.69, 9.17) is 10.5 Å². The Bertz CT molecular complexity index is 448. The predicted octanol–water partition coefficient (Wildman–Crippen LogP) is 2.98. The van der Waals surface area contributed by atoms with Crippen molar-refractivity contribution in [1.82, 2.24) is 4.90 Å². The first kappa shape index (κ1) is 17.5. The molecule has 0 heterocycles. The Morgan fingerprint density at radius 3 is 2.57 bits per heavy atom. The van der Waals surface area contributed by atoms with Crippen molar-refractivity contribution in [1.29, 1.82) is 0 Å². The summed E-state index contributed by atoms with van der Waals surface area (Å²) in [6, 6.07) is 7.83. The molecule has 118 valence electrons. The van der Waals surface area contributed by atoms with E-state index in [0.717, 1.165) is 24.2 Å². The third-order valence-corrected chi connectivity index (χ3v) is 4.07. The van der Waals surface area contributed by atoms with Crippen LogP contribution in [0.5, 0.6) is 5.75 Å². The lowest BCUT2D eigenvalue weighted by atomic mass is 10.0. The van der Waals surface area contributed by atoms with E-state index in [-0.39, 0.29) is 11.9 Å². The van der Waals surface area contributed by atoms with Gasteiger partial charge < -0.3 is 15.4 Å². The van der Waals surface area contributed by atoms with Crippen LogP contribution in [0.1, 0.15) is 44.7 Å². The molecule has 2 N–H and O–H groups in total. The molecular weight excluding hydrogens is 264 g/mol. The van der Waals surface area contributed by atoms with Crippen molar-refractivity contribution >= 4 is 5.91 Å². The van der Waals surface area contributed by atoms with Crippen LogP contribution in [0.4, 0.5) is 0 Å². The highest BCUT2D eigenvalue weighted by Gasteiger charge is 2.20. The largest absolute Gasteiger partial charge is 0.496 e. The average Bonchev–Trinajstić information content (AvgIpc) is 2.51. The molecule has 0 radical (unpaired) electrons. The van der Waals surface area contributed by atoms with E-state index >= 15 is 0 Å². The Balaban J connectivity index is 2.64. The van der Waals surface area contributed by atoms with Crippen molar-refractivity contribution in [2.24, 2.45) is 11.7 Å². The second-order valence-corrected chi connectivity index (χ2v) is 5.64. The maximum Gasteiger partial charge on any atom is 0.222 e. The van der Waals surface area contributed by atoms with Crippen LogP contribution >= 0.6 is 0 Å². The summed E-state index contributed by atoms with van der Waals surface area (Å²) >= 11 is 0. The Kier molecular flexibility index (Phi) is 7.23. The summed E-state index contributed by atoms with van der Waals surface area (Å²) in [6.45, 7) is 4.85. The predicted molar refractivity (Wildman–Crippen MR) is 86.2 cm³/mol. The van der Waals surface area contributed by atoms with Crippen LogP contribution in [0.2, 0.25) is 0 Å². The van der Waals surface area contributed by atoms with E-state index in [1.54, 1.807) is 12.0 Å². The van der Waals surface area contributed by atoms with Gasteiger partial charge in [0.05, 0.1) is 13.2 Å². The molecule has 21 heavy (non-hydrogen) atoms. The topological polar surface area (TPSA) is 55.6 Å². The standard InChI is InChI=1S/C17H28N2O2/c1-13(11-12-18)9-10-17(20)19(3)14(2)15-7-5-6-8-16(15)21-4/h5-8,13-14H,9-12,18H2,1-4H3. The summed E-state index contributed by atoms with van der Waals surface area (Å²) in [5.41, 5.74) is 6.58. The van der Waals surface area contributed by atoms with Crippen LogP contribution < -0.4 is 10.5 Å². The zero-order chi connectivity index (χ0) is 15.8. The molecular formula is C17H28N2O2. The van der Waals surface area contributed by atoms with Gasteiger partial charge in [-0.15, -0.1) is 0 Å². The normalized spacial score (nSPS) is 13.6. The van der Waals surface area contributed by atoms with Gasteiger partial charge in [0.2, 0.25) is 5.91 Å². The van der Waals surface area contributed by atoms with Gasteiger partial charge in [-0.1, -0.05) is 25.1 Å². The van der Waals surface area contributed by atoms with Crippen LogP contribution in [0.25, 0.3) is 0 Å². The maximum absolute atomic E-state index is 12.3. The Labute approximate surface area is 128 Å². The Morgan fingerprint density at radius 1 is 1.29 bits per heavy atom. The third kappa shape index (κ3) is 5.05. The minimum Gasteiger partial charge on any atom is -0.496 e. The number of rotatable bonds is 8. The number of amides is 1. The molecule has 0 spiro atoms. The summed E-state index contributed by atoms with van der Waals surface area (Å²) < 4.78 is 5.37. The van der Waals surface area contributed by atoms with Crippen molar-refractivity contribution in [3.05, 3.63) is 29.8 Å². The van der Waals surface area contributed by atoms with Crippen LogP contribution in [-0.2, 0) is 4.79 Å². The monoisotopic (exact) mass is 292 g/mol. The van der Waals surface area contributed by atoms with Crippen LogP contribution in [0.3, 0.4) is 0 Å². The number of nitrogens with two attached hydrogens (primary N) is 1. The number of nitrogens with zero attached hydrogens (tertiary/aromatic N) is 1. The molecule has 1 aromatic carbocycles. The second-order valence-electron chi connectivity index (χ2n) is 5.64. The minimum absolute atomic E-state index is 0.00142. The fourth-order valence-electron chi connectivity index (χ4n) is 2.41. The Hall–Kier alpha value is -1.55. The highest BCUT2D eigenvalue weighted by molar-refractivity contribution is 5.76. The molecule has 0 bridgehead atoms. The molecule has 0 aliphatic carbocycles. The highest BCUT2D eigenvalue weighted by Crippen LogP contribution is 2.28. The van der Waals surface area contributed by atoms with Gasteiger partial charge in [0.15, 0.2) is 0 Å². The molecule has 0 fully saturated rings. The summed E-state index contributed by atoms with van der Waals surface area (Å²) in [7, 11) is 3.51. The molecule has 0 aliphatic heterocycles. The molecule has 2 atom stereocenters. The molecule has 1 amide bonds. The highest BCUT2D eigenvalue weighted by atomic mass is 16.5. The first-order valence-electron chi connectivity index (χ1n) is 7.59. The van der Waals surface area contributed by atoms with Gasteiger partial charge >= 0.3 is 0 Å². The fraction of sp³-hybridized carbons (Fsp3) is 0.588. The third-order valence-electron chi connectivity index (χ3n) is 4.07. The van der Waals surface area contributed by atoms with E-state index in [0.29, 0.717) is 18.9 Å². The lowest BCUT2D eigenvalue weighted by molar-refractivity contribution is -0.132. The molecule has 1 aromatic rings. The van der Waals surface area contributed by atoms with Crippen molar-refractivity contribution < 1.29 is 9.53 Å².